The standard InChI is InChI=1S/C14H23FN4O/c1-5-9-18-13(15)8-7-12(2)20-11-6-10-19-14(16-3)17-4/h6,8-10,12H,3,5,7,11H2,1-2,4H3,(H,17,19)/b10-6+,13-8-,18-9?. The van der Waals surface area contributed by atoms with E-state index in [1.807, 2.05) is 13.8 Å². The van der Waals surface area contributed by atoms with Gasteiger partial charge in [0.15, 0.2) is 0 Å². The Morgan fingerprint density at radius 3 is 2.85 bits per heavy atom. The number of aliphatic imine (C=N–C) groups is 3. The summed E-state index contributed by atoms with van der Waals surface area (Å²) in [6.45, 7) is 7.55. The molecule has 1 unspecified atom stereocenters. The molecule has 0 aliphatic carbocycles. The number of guanidine groups is 1. The number of halogens is 1. The maximum absolute atomic E-state index is 13.1. The fraction of sp³-hybridized carbons (Fsp3) is 0.500. The lowest BCUT2D eigenvalue weighted by molar-refractivity contribution is 0.0902. The molecule has 0 aliphatic heterocycles. The summed E-state index contributed by atoms with van der Waals surface area (Å²) in [7, 11) is 1.62. The van der Waals surface area contributed by atoms with Gasteiger partial charge in [-0.25, -0.2) is 9.98 Å². The molecule has 0 aliphatic rings. The smallest absolute Gasteiger partial charge is 0.221 e. The van der Waals surface area contributed by atoms with Crippen molar-refractivity contribution in [2.24, 2.45) is 15.0 Å². The Bertz CT molecular complexity index is 389. The molecule has 0 aromatic carbocycles. The second-order valence-corrected chi connectivity index (χ2v) is 3.88. The summed E-state index contributed by atoms with van der Waals surface area (Å²) >= 11 is 0. The zero-order chi connectivity index (χ0) is 15.2. The fourth-order valence-electron chi connectivity index (χ4n) is 1.14. The molecule has 0 fully saturated rings. The minimum atomic E-state index is -0.472. The zero-order valence-corrected chi connectivity index (χ0v) is 12.3. The van der Waals surface area contributed by atoms with E-state index >= 15 is 0 Å². The van der Waals surface area contributed by atoms with Crippen LogP contribution in [0.4, 0.5) is 4.39 Å². The van der Waals surface area contributed by atoms with Gasteiger partial charge in [0.2, 0.25) is 11.9 Å². The van der Waals surface area contributed by atoms with Crippen LogP contribution in [-0.2, 0) is 4.74 Å². The van der Waals surface area contributed by atoms with Crippen LogP contribution in [0.25, 0.3) is 0 Å². The first-order valence-electron chi connectivity index (χ1n) is 6.48. The van der Waals surface area contributed by atoms with E-state index in [1.54, 1.807) is 19.3 Å². The third-order valence-corrected chi connectivity index (χ3v) is 2.18. The predicted octanol–water partition coefficient (Wildman–Crippen LogP) is 2.86. The minimum absolute atomic E-state index is 0.0842. The van der Waals surface area contributed by atoms with E-state index in [0.717, 1.165) is 0 Å². The SMILES string of the molecule is C=NC(=NC)N/C=C/COC(C)C/C=C(/F)N=CCC. The Balaban J connectivity index is 3.88. The van der Waals surface area contributed by atoms with E-state index in [-0.39, 0.29) is 6.10 Å². The summed E-state index contributed by atoms with van der Waals surface area (Å²) in [6, 6.07) is 0. The summed E-state index contributed by atoms with van der Waals surface area (Å²) in [6.07, 6.45) is 7.51. The lowest BCUT2D eigenvalue weighted by atomic mass is 10.3. The van der Waals surface area contributed by atoms with Gasteiger partial charge in [-0.1, -0.05) is 6.92 Å². The Hall–Kier alpha value is -1.82. The quantitative estimate of drug-likeness (QED) is 0.423. The van der Waals surface area contributed by atoms with Gasteiger partial charge in [-0.3, -0.25) is 4.99 Å². The molecular weight excluding hydrogens is 259 g/mol. The second kappa shape index (κ2) is 12.2. The van der Waals surface area contributed by atoms with Crippen LogP contribution in [-0.4, -0.2) is 38.7 Å². The molecule has 1 atom stereocenters. The number of rotatable bonds is 8. The summed E-state index contributed by atoms with van der Waals surface area (Å²) in [5.74, 6) is -0.0338. The summed E-state index contributed by atoms with van der Waals surface area (Å²) in [4.78, 5) is 11.1. The molecule has 0 heterocycles. The molecule has 0 spiro atoms. The van der Waals surface area contributed by atoms with Crippen LogP contribution in [0, 0.1) is 0 Å². The molecule has 0 amide bonds. The Kier molecular flexibility index (Phi) is 11.1. The molecule has 1 N–H and O–H groups in total. The van der Waals surface area contributed by atoms with Gasteiger partial charge in [-0.05, 0) is 38.6 Å². The van der Waals surface area contributed by atoms with E-state index in [1.165, 1.54) is 12.3 Å². The average molecular weight is 282 g/mol. The lowest BCUT2D eigenvalue weighted by Gasteiger charge is -2.08. The molecule has 0 aromatic rings. The van der Waals surface area contributed by atoms with Gasteiger partial charge in [-0.15, -0.1) is 0 Å². The molecule has 6 heteroatoms. The third kappa shape index (κ3) is 10.1. The van der Waals surface area contributed by atoms with Crippen molar-refractivity contribution in [3.8, 4) is 0 Å². The third-order valence-electron chi connectivity index (χ3n) is 2.18. The van der Waals surface area contributed by atoms with Crippen molar-refractivity contribution in [1.82, 2.24) is 5.32 Å². The van der Waals surface area contributed by atoms with Gasteiger partial charge in [0.25, 0.3) is 0 Å². The highest BCUT2D eigenvalue weighted by Crippen LogP contribution is 2.05. The van der Waals surface area contributed by atoms with Gasteiger partial charge in [0.05, 0.1) is 12.7 Å². The topological polar surface area (TPSA) is 58.3 Å². The molecule has 20 heavy (non-hydrogen) atoms. The molecule has 112 valence electrons. The lowest BCUT2D eigenvalue weighted by Crippen LogP contribution is -2.14. The van der Waals surface area contributed by atoms with E-state index in [0.29, 0.717) is 25.4 Å². The van der Waals surface area contributed by atoms with Crippen LogP contribution in [0.5, 0.6) is 0 Å². The van der Waals surface area contributed by atoms with Crippen molar-refractivity contribution >= 4 is 18.9 Å². The van der Waals surface area contributed by atoms with Crippen LogP contribution in [0.3, 0.4) is 0 Å². The van der Waals surface area contributed by atoms with Crippen molar-refractivity contribution in [2.75, 3.05) is 13.7 Å². The van der Waals surface area contributed by atoms with Gasteiger partial charge in [-0.2, -0.15) is 4.39 Å². The van der Waals surface area contributed by atoms with Crippen molar-refractivity contribution in [2.45, 2.75) is 32.8 Å². The Morgan fingerprint density at radius 1 is 1.50 bits per heavy atom. The monoisotopic (exact) mass is 282 g/mol. The normalized spacial score (nSPS) is 15.0. The Labute approximate surface area is 120 Å². The average Bonchev–Trinajstić information content (AvgIpc) is 2.46. The molecule has 0 radical (unpaired) electrons. The summed E-state index contributed by atoms with van der Waals surface area (Å²) in [5.41, 5.74) is 0. The highest BCUT2D eigenvalue weighted by atomic mass is 19.1. The van der Waals surface area contributed by atoms with Crippen LogP contribution < -0.4 is 5.32 Å². The predicted molar refractivity (Wildman–Crippen MR) is 83.2 cm³/mol. The number of hydrogen-bond donors (Lipinski definition) is 1. The highest BCUT2D eigenvalue weighted by molar-refractivity contribution is 5.84. The zero-order valence-electron chi connectivity index (χ0n) is 12.3. The van der Waals surface area contributed by atoms with Crippen molar-refractivity contribution in [3.63, 3.8) is 0 Å². The highest BCUT2D eigenvalue weighted by Gasteiger charge is 1.99. The summed E-state index contributed by atoms with van der Waals surface area (Å²) in [5, 5.41) is 2.84. The molecular formula is C14H23FN4O. The molecule has 0 saturated carbocycles. The number of nitrogens with zero attached hydrogens (tertiary/aromatic N) is 3. The van der Waals surface area contributed by atoms with E-state index < -0.39 is 5.95 Å². The fourth-order valence-corrected chi connectivity index (χ4v) is 1.14. The first-order chi connectivity index (χ1) is 9.63. The van der Waals surface area contributed by atoms with E-state index in [4.69, 9.17) is 4.74 Å². The second-order valence-electron chi connectivity index (χ2n) is 3.88. The first kappa shape index (κ1) is 18.2. The maximum Gasteiger partial charge on any atom is 0.221 e. The van der Waals surface area contributed by atoms with Gasteiger partial charge < -0.3 is 10.1 Å². The van der Waals surface area contributed by atoms with Crippen LogP contribution in [0.1, 0.15) is 26.7 Å². The van der Waals surface area contributed by atoms with Crippen molar-refractivity contribution in [3.05, 3.63) is 24.3 Å². The van der Waals surface area contributed by atoms with Gasteiger partial charge >= 0.3 is 0 Å². The van der Waals surface area contributed by atoms with E-state index in [9.17, 15) is 4.39 Å². The Morgan fingerprint density at radius 2 is 2.25 bits per heavy atom. The largest absolute Gasteiger partial charge is 0.374 e. The van der Waals surface area contributed by atoms with E-state index in [2.05, 4.69) is 27.0 Å². The molecule has 0 rings (SSSR count). The van der Waals surface area contributed by atoms with Gasteiger partial charge in [0, 0.05) is 19.5 Å². The number of hydrogen-bond acceptors (Lipinski definition) is 3. The van der Waals surface area contributed by atoms with Crippen LogP contribution in [0.2, 0.25) is 0 Å². The molecule has 0 bridgehead atoms. The van der Waals surface area contributed by atoms with Crippen LogP contribution in [0.15, 0.2) is 39.3 Å². The first-order valence-corrected chi connectivity index (χ1v) is 6.48. The van der Waals surface area contributed by atoms with Crippen molar-refractivity contribution < 1.29 is 9.13 Å². The molecule has 0 saturated heterocycles. The number of ether oxygens (including phenoxy) is 1. The maximum atomic E-state index is 13.1. The van der Waals surface area contributed by atoms with Gasteiger partial charge in [0.1, 0.15) is 0 Å². The van der Waals surface area contributed by atoms with Crippen molar-refractivity contribution in [1.29, 1.82) is 0 Å². The molecule has 0 aromatic heterocycles. The molecule has 5 nitrogen and oxygen atoms in total. The summed E-state index contributed by atoms with van der Waals surface area (Å²) < 4.78 is 18.6. The minimum Gasteiger partial charge on any atom is -0.374 e. The number of nitrogens with one attached hydrogen (secondary N) is 1. The van der Waals surface area contributed by atoms with Crippen LogP contribution >= 0.6 is 0 Å².